The molecule has 0 heterocycles. The number of hydrogen-bond acceptors (Lipinski definition) is 2. The molecule has 2 aromatic carbocycles. The Kier molecular flexibility index (Phi) is 4.00. The molecular formula is C16H15ClO3. The molecule has 0 saturated carbocycles. The van der Waals surface area contributed by atoms with Crippen molar-refractivity contribution in [3.63, 3.8) is 0 Å². The largest absolute Gasteiger partial charge is 0.496 e. The summed E-state index contributed by atoms with van der Waals surface area (Å²) in [6.45, 7) is 3.96. The average Bonchev–Trinajstić information content (AvgIpc) is 2.42. The van der Waals surface area contributed by atoms with Gasteiger partial charge in [0.05, 0.1) is 12.7 Å². The van der Waals surface area contributed by atoms with E-state index in [1.807, 2.05) is 26.0 Å². The number of carbonyl (C=O) groups is 1. The first-order valence-corrected chi connectivity index (χ1v) is 6.51. The van der Waals surface area contributed by atoms with Gasteiger partial charge in [0.1, 0.15) is 5.75 Å². The third-order valence-electron chi connectivity index (χ3n) is 3.38. The van der Waals surface area contributed by atoms with Crippen molar-refractivity contribution in [2.75, 3.05) is 7.11 Å². The van der Waals surface area contributed by atoms with E-state index in [9.17, 15) is 4.79 Å². The summed E-state index contributed by atoms with van der Waals surface area (Å²) in [5.74, 6) is -0.264. The van der Waals surface area contributed by atoms with E-state index in [1.54, 1.807) is 19.2 Å². The van der Waals surface area contributed by atoms with Gasteiger partial charge in [-0.1, -0.05) is 23.7 Å². The van der Waals surface area contributed by atoms with Crippen molar-refractivity contribution in [3.8, 4) is 16.9 Å². The van der Waals surface area contributed by atoms with Crippen LogP contribution in [0.15, 0.2) is 30.3 Å². The van der Waals surface area contributed by atoms with Gasteiger partial charge in [-0.25, -0.2) is 4.79 Å². The van der Waals surface area contributed by atoms with E-state index in [0.29, 0.717) is 10.6 Å². The van der Waals surface area contributed by atoms with Crippen LogP contribution in [0, 0.1) is 13.8 Å². The average molecular weight is 291 g/mol. The lowest BCUT2D eigenvalue weighted by atomic mass is 9.97. The molecule has 0 aromatic heterocycles. The molecular weight excluding hydrogens is 276 g/mol. The highest BCUT2D eigenvalue weighted by Crippen LogP contribution is 2.38. The molecule has 0 fully saturated rings. The fraction of sp³-hybridized carbons (Fsp3) is 0.188. The summed E-state index contributed by atoms with van der Waals surface area (Å²) in [6, 6.07) is 8.51. The molecule has 0 unspecified atom stereocenters. The molecule has 20 heavy (non-hydrogen) atoms. The predicted octanol–water partition coefficient (Wildman–Crippen LogP) is 4.33. The van der Waals surface area contributed by atoms with Crippen LogP contribution in [0.2, 0.25) is 5.02 Å². The first-order chi connectivity index (χ1) is 9.45. The van der Waals surface area contributed by atoms with E-state index in [4.69, 9.17) is 21.4 Å². The molecule has 0 amide bonds. The minimum atomic E-state index is -0.981. The molecule has 0 saturated heterocycles. The molecule has 0 bridgehead atoms. The number of carboxylic acids is 1. The van der Waals surface area contributed by atoms with Crippen LogP contribution in [-0.2, 0) is 0 Å². The molecule has 4 heteroatoms. The third-order valence-corrected chi connectivity index (χ3v) is 3.71. The topological polar surface area (TPSA) is 46.5 Å². The van der Waals surface area contributed by atoms with Crippen molar-refractivity contribution >= 4 is 17.6 Å². The van der Waals surface area contributed by atoms with E-state index in [0.717, 1.165) is 22.4 Å². The number of rotatable bonds is 3. The van der Waals surface area contributed by atoms with Gasteiger partial charge in [0.25, 0.3) is 0 Å². The molecule has 104 valence electrons. The van der Waals surface area contributed by atoms with Crippen molar-refractivity contribution in [2.45, 2.75) is 13.8 Å². The monoisotopic (exact) mass is 290 g/mol. The minimum Gasteiger partial charge on any atom is -0.496 e. The second-order valence-electron chi connectivity index (χ2n) is 4.59. The van der Waals surface area contributed by atoms with Crippen molar-refractivity contribution in [1.29, 1.82) is 0 Å². The van der Waals surface area contributed by atoms with Gasteiger partial charge in [0.15, 0.2) is 0 Å². The maximum Gasteiger partial charge on any atom is 0.335 e. The molecule has 0 radical (unpaired) electrons. The minimum absolute atomic E-state index is 0.199. The van der Waals surface area contributed by atoms with Crippen LogP contribution < -0.4 is 4.74 Å². The number of methoxy groups -OCH3 is 1. The Labute approximate surface area is 122 Å². The summed E-state index contributed by atoms with van der Waals surface area (Å²) in [4.78, 5) is 11.1. The number of benzene rings is 2. The molecule has 0 aliphatic carbocycles. The summed E-state index contributed by atoms with van der Waals surface area (Å²) in [7, 11) is 1.60. The van der Waals surface area contributed by atoms with Gasteiger partial charge in [0, 0.05) is 16.1 Å². The zero-order valence-electron chi connectivity index (χ0n) is 11.5. The summed E-state index contributed by atoms with van der Waals surface area (Å²) in [6.07, 6.45) is 0. The summed E-state index contributed by atoms with van der Waals surface area (Å²) < 4.78 is 5.46. The second-order valence-corrected chi connectivity index (χ2v) is 5.00. The highest BCUT2D eigenvalue weighted by molar-refractivity contribution is 6.33. The first-order valence-electron chi connectivity index (χ1n) is 6.13. The highest BCUT2D eigenvalue weighted by atomic mass is 35.5. The number of aromatic carboxylic acids is 1. The molecule has 0 spiro atoms. The lowest BCUT2D eigenvalue weighted by molar-refractivity contribution is 0.0697. The maximum atomic E-state index is 11.1. The smallest absolute Gasteiger partial charge is 0.335 e. The second kappa shape index (κ2) is 5.55. The number of aryl methyl sites for hydroxylation is 1. The van der Waals surface area contributed by atoms with E-state index < -0.39 is 5.97 Å². The fourth-order valence-corrected chi connectivity index (χ4v) is 2.35. The van der Waals surface area contributed by atoms with Gasteiger partial charge in [-0.15, -0.1) is 0 Å². The molecule has 0 aliphatic rings. The van der Waals surface area contributed by atoms with Gasteiger partial charge in [-0.2, -0.15) is 0 Å². The van der Waals surface area contributed by atoms with Crippen molar-refractivity contribution in [3.05, 3.63) is 52.0 Å². The Balaban J connectivity index is 2.71. The maximum absolute atomic E-state index is 11.1. The van der Waals surface area contributed by atoms with Gasteiger partial charge < -0.3 is 9.84 Å². The molecule has 2 aromatic rings. The van der Waals surface area contributed by atoms with E-state index in [-0.39, 0.29) is 5.56 Å². The van der Waals surface area contributed by atoms with E-state index in [2.05, 4.69) is 0 Å². The van der Waals surface area contributed by atoms with Gasteiger partial charge >= 0.3 is 5.97 Å². The lowest BCUT2D eigenvalue weighted by Gasteiger charge is -2.15. The standard InChI is InChI=1S/C16H15ClO3/c1-9-4-6-12(15(20-3)10(9)2)13-8-11(16(18)19)5-7-14(13)17/h4-8H,1-3H3,(H,18,19). The van der Waals surface area contributed by atoms with Crippen LogP contribution in [0.1, 0.15) is 21.5 Å². The van der Waals surface area contributed by atoms with Crippen molar-refractivity contribution < 1.29 is 14.6 Å². The number of ether oxygens (including phenoxy) is 1. The zero-order valence-corrected chi connectivity index (χ0v) is 12.3. The number of hydrogen-bond donors (Lipinski definition) is 1. The Morgan fingerprint density at radius 3 is 2.45 bits per heavy atom. The van der Waals surface area contributed by atoms with Gasteiger partial charge in [-0.3, -0.25) is 0 Å². The Morgan fingerprint density at radius 2 is 1.85 bits per heavy atom. The van der Waals surface area contributed by atoms with Crippen molar-refractivity contribution in [2.24, 2.45) is 0 Å². The number of halogens is 1. The Bertz CT molecular complexity index is 678. The third kappa shape index (κ3) is 2.49. The summed E-state index contributed by atoms with van der Waals surface area (Å²) >= 11 is 6.21. The van der Waals surface area contributed by atoms with Crippen LogP contribution in [0.3, 0.4) is 0 Å². The van der Waals surface area contributed by atoms with E-state index >= 15 is 0 Å². The molecule has 2 rings (SSSR count). The van der Waals surface area contributed by atoms with Crippen LogP contribution in [0.5, 0.6) is 5.75 Å². The summed E-state index contributed by atoms with van der Waals surface area (Å²) in [5, 5.41) is 9.59. The quantitative estimate of drug-likeness (QED) is 0.915. The van der Waals surface area contributed by atoms with Crippen LogP contribution in [-0.4, -0.2) is 18.2 Å². The van der Waals surface area contributed by atoms with Crippen LogP contribution in [0.25, 0.3) is 11.1 Å². The van der Waals surface area contributed by atoms with Crippen LogP contribution in [0.4, 0.5) is 0 Å². The molecule has 3 nitrogen and oxygen atoms in total. The number of carboxylic acid groups (broad SMARTS) is 1. The molecule has 1 N–H and O–H groups in total. The van der Waals surface area contributed by atoms with Crippen LogP contribution >= 0.6 is 11.6 Å². The Morgan fingerprint density at radius 1 is 1.15 bits per heavy atom. The van der Waals surface area contributed by atoms with Crippen molar-refractivity contribution in [1.82, 2.24) is 0 Å². The zero-order chi connectivity index (χ0) is 14.9. The Hall–Kier alpha value is -2.00. The predicted molar refractivity (Wildman–Crippen MR) is 79.9 cm³/mol. The fourth-order valence-electron chi connectivity index (χ4n) is 2.13. The van der Waals surface area contributed by atoms with E-state index in [1.165, 1.54) is 6.07 Å². The highest BCUT2D eigenvalue weighted by Gasteiger charge is 2.15. The SMILES string of the molecule is COc1c(-c2cc(C(=O)O)ccc2Cl)ccc(C)c1C. The normalized spacial score (nSPS) is 10.4. The summed E-state index contributed by atoms with van der Waals surface area (Å²) in [5.41, 5.74) is 3.78. The molecule has 0 atom stereocenters. The van der Waals surface area contributed by atoms with Gasteiger partial charge in [0.2, 0.25) is 0 Å². The first kappa shape index (κ1) is 14.4. The lowest BCUT2D eigenvalue weighted by Crippen LogP contribution is -1.98. The molecule has 0 aliphatic heterocycles. The van der Waals surface area contributed by atoms with Gasteiger partial charge in [-0.05, 0) is 43.2 Å².